The molecule has 3 heterocycles. The molecule has 1 saturated heterocycles. The van der Waals surface area contributed by atoms with Crippen molar-refractivity contribution in [2.24, 2.45) is 0 Å². The van der Waals surface area contributed by atoms with Crippen LogP contribution in [0.3, 0.4) is 0 Å². The van der Waals surface area contributed by atoms with Crippen molar-refractivity contribution in [1.82, 2.24) is 0 Å². The van der Waals surface area contributed by atoms with E-state index in [-0.39, 0.29) is 24.3 Å². The number of hydrogen-bond acceptors (Lipinski definition) is 4. The van der Waals surface area contributed by atoms with Crippen LogP contribution in [-0.4, -0.2) is 31.3 Å². The molecule has 1 aromatic rings. The van der Waals surface area contributed by atoms with Gasteiger partial charge in [-0.15, -0.1) is 0 Å². The molecule has 140 valence electrons. The minimum atomic E-state index is -0.323. The number of benzene rings is 1. The Kier molecular flexibility index (Phi) is 3.79. The zero-order valence-corrected chi connectivity index (χ0v) is 17.5. The average molecular weight is 379 g/mol. The van der Waals surface area contributed by atoms with E-state index in [1.165, 1.54) is 32.2 Å². The highest BCUT2D eigenvalue weighted by atomic mass is 32.2. The van der Waals surface area contributed by atoms with Gasteiger partial charge in [-0.05, 0) is 63.8 Å². The number of rotatable bonds is 1. The molecule has 27 heavy (non-hydrogen) atoms. The maximum Gasteiger partial charge on any atom is 0.486 e. The number of thioether (sulfide) groups is 1. The number of allylic oxidation sites excluding steroid dienone is 4. The standard InChI is InChI=1S/C22H26BNO2S/c1-21(2)22(3,4)26-23(25-21)19-13-15-14-9-6-7-11-17(14)27-18-12-8-10-16(20(15)18)24(19)5/h8-13,19H,6-7H2,1-5H3. The lowest BCUT2D eigenvalue weighted by Crippen LogP contribution is -2.47. The fourth-order valence-electron chi connectivity index (χ4n) is 4.32. The first kappa shape index (κ1) is 17.7. The van der Waals surface area contributed by atoms with E-state index in [9.17, 15) is 0 Å². The van der Waals surface area contributed by atoms with Crippen molar-refractivity contribution in [3.05, 3.63) is 52.5 Å². The summed E-state index contributed by atoms with van der Waals surface area (Å²) in [5.74, 6) is 0.0518. The van der Waals surface area contributed by atoms with Gasteiger partial charge in [-0.3, -0.25) is 0 Å². The topological polar surface area (TPSA) is 21.7 Å². The summed E-state index contributed by atoms with van der Waals surface area (Å²) in [5.41, 5.74) is 4.72. The molecule has 0 bridgehead atoms. The third-order valence-electron chi connectivity index (χ3n) is 6.61. The Bertz CT molecular complexity index is 899. The molecule has 3 aliphatic heterocycles. The van der Waals surface area contributed by atoms with Crippen molar-refractivity contribution in [3.63, 3.8) is 0 Å². The Hall–Kier alpha value is -1.43. The largest absolute Gasteiger partial charge is 0.486 e. The predicted molar refractivity (Wildman–Crippen MR) is 114 cm³/mol. The zero-order valence-electron chi connectivity index (χ0n) is 16.7. The molecule has 0 aromatic heterocycles. The maximum atomic E-state index is 6.42. The molecule has 1 unspecified atom stereocenters. The molecule has 0 radical (unpaired) electrons. The Morgan fingerprint density at radius 3 is 2.48 bits per heavy atom. The third-order valence-corrected chi connectivity index (χ3v) is 7.78. The van der Waals surface area contributed by atoms with Crippen molar-refractivity contribution in [2.45, 2.75) is 62.6 Å². The average Bonchev–Trinajstić information content (AvgIpc) is 2.84. The van der Waals surface area contributed by atoms with Crippen LogP contribution in [0.25, 0.3) is 5.57 Å². The van der Waals surface area contributed by atoms with Gasteiger partial charge >= 0.3 is 7.12 Å². The molecule has 1 fully saturated rings. The van der Waals surface area contributed by atoms with Gasteiger partial charge in [0.15, 0.2) is 0 Å². The van der Waals surface area contributed by atoms with Crippen LogP contribution in [0.15, 0.2) is 51.8 Å². The predicted octanol–water partition coefficient (Wildman–Crippen LogP) is 5.23. The van der Waals surface area contributed by atoms with Gasteiger partial charge in [0.25, 0.3) is 0 Å². The summed E-state index contributed by atoms with van der Waals surface area (Å²) in [7, 11) is 1.87. The van der Waals surface area contributed by atoms with Crippen LogP contribution < -0.4 is 4.90 Å². The molecule has 3 nitrogen and oxygen atoms in total. The Morgan fingerprint density at radius 2 is 1.74 bits per heavy atom. The van der Waals surface area contributed by atoms with Crippen molar-refractivity contribution in [2.75, 3.05) is 11.9 Å². The molecular formula is C22H26BNO2S. The molecule has 0 saturated carbocycles. The SMILES string of the molecule is CN1c2cccc3c2C(=CC1B1OC(C)(C)C(C)(C)O1)C1=CCCC=C1S3. The molecule has 1 aromatic carbocycles. The molecule has 1 atom stereocenters. The van der Waals surface area contributed by atoms with Crippen LogP contribution in [0.1, 0.15) is 46.1 Å². The summed E-state index contributed by atoms with van der Waals surface area (Å²) in [6.45, 7) is 8.49. The fraction of sp³-hybridized carbons (Fsp3) is 0.455. The highest BCUT2D eigenvalue weighted by Crippen LogP contribution is 2.54. The minimum absolute atomic E-state index is 0.0518. The summed E-state index contributed by atoms with van der Waals surface area (Å²) in [6.07, 6.45) is 9.41. The van der Waals surface area contributed by atoms with Crippen LogP contribution in [-0.2, 0) is 9.31 Å². The van der Waals surface area contributed by atoms with Crippen molar-refractivity contribution >= 4 is 30.1 Å². The normalized spacial score (nSPS) is 27.4. The van der Waals surface area contributed by atoms with Gasteiger partial charge < -0.3 is 14.2 Å². The van der Waals surface area contributed by atoms with E-state index < -0.39 is 0 Å². The first-order chi connectivity index (χ1) is 12.8. The first-order valence-electron chi connectivity index (χ1n) is 9.81. The molecule has 1 aliphatic carbocycles. The molecule has 0 N–H and O–H groups in total. The van der Waals surface area contributed by atoms with Crippen molar-refractivity contribution in [1.29, 1.82) is 0 Å². The van der Waals surface area contributed by atoms with E-state index in [1.807, 2.05) is 11.8 Å². The van der Waals surface area contributed by atoms with Gasteiger partial charge in [0, 0.05) is 28.1 Å². The van der Waals surface area contributed by atoms with Gasteiger partial charge in [0.05, 0.1) is 17.1 Å². The van der Waals surface area contributed by atoms with Crippen molar-refractivity contribution in [3.8, 4) is 0 Å². The quantitative estimate of drug-likeness (QED) is 0.623. The first-order valence-corrected chi connectivity index (χ1v) is 10.6. The van der Waals surface area contributed by atoms with Gasteiger partial charge in [-0.2, -0.15) is 0 Å². The third kappa shape index (κ3) is 2.51. The number of nitrogens with zero attached hydrogens (tertiary/aromatic N) is 1. The Balaban J connectivity index is 1.63. The molecular weight excluding hydrogens is 353 g/mol. The zero-order chi connectivity index (χ0) is 19.0. The van der Waals surface area contributed by atoms with Crippen LogP contribution in [0, 0.1) is 0 Å². The van der Waals surface area contributed by atoms with Gasteiger partial charge in [-0.25, -0.2) is 0 Å². The number of hydrogen-bond donors (Lipinski definition) is 0. The van der Waals surface area contributed by atoms with E-state index in [0.717, 1.165) is 12.8 Å². The van der Waals surface area contributed by atoms with E-state index in [0.29, 0.717) is 0 Å². The summed E-state index contributed by atoms with van der Waals surface area (Å²) < 4.78 is 12.8. The van der Waals surface area contributed by atoms with E-state index in [1.54, 1.807) is 0 Å². The minimum Gasteiger partial charge on any atom is -0.402 e. The van der Waals surface area contributed by atoms with Gasteiger partial charge in [0.2, 0.25) is 0 Å². The van der Waals surface area contributed by atoms with Crippen LogP contribution in [0.5, 0.6) is 0 Å². The highest BCUT2D eigenvalue weighted by molar-refractivity contribution is 8.03. The second kappa shape index (κ2) is 5.79. The molecule has 0 amide bonds. The summed E-state index contributed by atoms with van der Waals surface area (Å²) >= 11 is 1.91. The Morgan fingerprint density at radius 1 is 1.04 bits per heavy atom. The summed E-state index contributed by atoms with van der Waals surface area (Å²) in [4.78, 5) is 5.07. The molecule has 0 spiro atoms. The fourth-order valence-corrected chi connectivity index (χ4v) is 5.52. The number of fused-ring (bicyclic) bond motifs is 2. The number of likely N-dealkylation sites (N-methyl/N-ethyl adjacent to an activating group) is 1. The van der Waals surface area contributed by atoms with Crippen LogP contribution >= 0.6 is 11.8 Å². The molecule has 4 aliphatic rings. The Labute approximate surface area is 166 Å². The highest BCUT2D eigenvalue weighted by Gasteiger charge is 2.55. The lowest BCUT2D eigenvalue weighted by atomic mass is 9.72. The van der Waals surface area contributed by atoms with Gasteiger partial charge in [-0.1, -0.05) is 36.1 Å². The second-order valence-electron chi connectivity index (χ2n) is 8.82. The monoisotopic (exact) mass is 379 g/mol. The maximum absolute atomic E-state index is 6.42. The summed E-state index contributed by atoms with van der Waals surface area (Å²) in [5, 5.41) is 0. The smallest absolute Gasteiger partial charge is 0.402 e. The van der Waals surface area contributed by atoms with Crippen molar-refractivity contribution < 1.29 is 9.31 Å². The lowest BCUT2D eigenvalue weighted by molar-refractivity contribution is 0.00578. The molecule has 5 heteroatoms. The van der Waals surface area contributed by atoms with Crippen LogP contribution in [0.4, 0.5) is 5.69 Å². The lowest BCUT2D eigenvalue weighted by Gasteiger charge is -2.39. The van der Waals surface area contributed by atoms with E-state index in [4.69, 9.17) is 9.31 Å². The number of anilines is 1. The van der Waals surface area contributed by atoms with Gasteiger partial charge in [0.1, 0.15) is 0 Å². The van der Waals surface area contributed by atoms with Crippen LogP contribution in [0.2, 0.25) is 0 Å². The molecule has 5 rings (SSSR count). The van der Waals surface area contributed by atoms with E-state index in [2.05, 4.69) is 76.1 Å². The summed E-state index contributed by atoms with van der Waals surface area (Å²) in [6, 6.07) is 6.63. The van der Waals surface area contributed by atoms with E-state index >= 15 is 0 Å². The second-order valence-corrected chi connectivity index (χ2v) is 9.91.